The van der Waals surface area contributed by atoms with Crippen molar-refractivity contribution in [2.75, 3.05) is 6.54 Å². The van der Waals surface area contributed by atoms with Gasteiger partial charge < -0.3 is 5.32 Å². The molecule has 47 heavy (non-hydrogen) atoms. The largest absolute Gasteiger partial charge is 0.368 e. The number of nitrogens with one attached hydrogen (secondary N) is 4. The summed E-state index contributed by atoms with van der Waals surface area (Å²) in [6, 6.07) is 52.1. The summed E-state index contributed by atoms with van der Waals surface area (Å²) in [6.45, 7) is 0.733. The van der Waals surface area contributed by atoms with Crippen molar-refractivity contribution in [3.05, 3.63) is 174 Å². The molecule has 1 fully saturated rings. The summed E-state index contributed by atoms with van der Waals surface area (Å²) in [5.74, 6) is 1.07. The average Bonchev–Trinajstić information content (AvgIpc) is 3.50. The Morgan fingerprint density at radius 3 is 1.85 bits per heavy atom. The summed E-state index contributed by atoms with van der Waals surface area (Å²) in [5.41, 5.74) is 8.45. The third-order valence-electron chi connectivity index (χ3n) is 9.53. The fourth-order valence-corrected chi connectivity index (χ4v) is 7.26. The lowest BCUT2D eigenvalue weighted by atomic mass is 10.0. The summed E-state index contributed by atoms with van der Waals surface area (Å²) in [5, 5.41) is 20.3. The van der Waals surface area contributed by atoms with Gasteiger partial charge in [0.2, 0.25) is 0 Å². The fraction of sp³-hybridized carbons (Fsp3) is 0.0952. The molecule has 6 aromatic carbocycles. The second kappa shape index (κ2) is 11.7. The Labute approximate surface area is 274 Å². The highest BCUT2D eigenvalue weighted by molar-refractivity contribution is 6.22. The number of hydrogen-bond acceptors (Lipinski definition) is 4. The van der Waals surface area contributed by atoms with Gasteiger partial charge in [0, 0.05) is 17.3 Å². The van der Waals surface area contributed by atoms with Gasteiger partial charge in [-0.2, -0.15) is 0 Å². The van der Waals surface area contributed by atoms with Gasteiger partial charge in [-0.05, 0) is 62.9 Å². The molecule has 5 nitrogen and oxygen atoms in total. The van der Waals surface area contributed by atoms with Gasteiger partial charge in [0.15, 0.2) is 0 Å². The Bertz CT molecular complexity index is 2240. The summed E-state index contributed by atoms with van der Waals surface area (Å²) in [6.07, 6.45) is 4.50. The molecule has 5 heteroatoms. The lowest BCUT2D eigenvalue weighted by Crippen LogP contribution is -2.59. The quantitative estimate of drug-likeness (QED) is 0.158. The van der Waals surface area contributed by atoms with E-state index < -0.39 is 0 Å². The summed E-state index contributed by atoms with van der Waals surface area (Å²) in [7, 11) is 0. The summed E-state index contributed by atoms with van der Waals surface area (Å²) in [4.78, 5) is 0. The van der Waals surface area contributed by atoms with E-state index in [0.717, 1.165) is 12.4 Å². The third-order valence-corrected chi connectivity index (χ3v) is 9.53. The number of hydrogen-bond donors (Lipinski definition) is 4. The zero-order chi connectivity index (χ0) is 31.2. The first-order valence-electron chi connectivity index (χ1n) is 16.4. The Morgan fingerprint density at radius 1 is 0.511 bits per heavy atom. The van der Waals surface area contributed by atoms with Crippen LogP contribution in [-0.4, -0.2) is 17.3 Å². The van der Waals surface area contributed by atoms with Crippen LogP contribution in [0, 0.1) is 0 Å². The smallest absolute Gasteiger partial charge is 0.111 e. The molecule has 0 amide bonds. The molecule has 2 atom stereocenters. The number of aromatic nitrogens is 1. The molecular formula is C42H35N5. The minimum atomic E-state index is -0.0673. The van der Waals surface area contributed by atoms with Crippen molar-refractivity contribution in [2.45, 2.75) is 18.5 Å². The number of dihydropyridines is 1. The third kappa shape index (κ3) is 5.02. The minimum Gasteiger partial charge on any atom is -0.368 e. The molecule has 2 unspecified atom stereocenters. The number of fused-ring (bicyclic) bond motifs is 5. The zero-order valence-electron chi connectivity index (χ0n) is 25.9. The highest BCUT2D eigenvalue weighted by Crippen LogP contribution is 2.39. The molecule has 0 saturated carbocycles. The van der Waals surface area contributed by atoms with Crippen molar-refractivity contribution in [1.29, 1.82) is 0 Å². The molecule has 3 heterocycles. The molecular weight excluding hydrogens is 574 g/mol. The lowest BCUT2D eigenvalue weighted by Gasteiger charge is -2.40. The van der Waals surface area contributed by atoms with Crippen LogP contribution in [0.15, 0.2) is 163 Å². The lowest BCUT2D eigenvalue weighted by molar-refractivity contribution is 0.224. The van der Waals surface area contributed by atoms with Crippen LogP contribution >= 0.6 is 0 Å². The van der Waals surface area contributed by atoms with E-state index in [1.165, 1.54) is 60.4 Å². The highest BCUT2D eigenvalue weighted by Gasteiger charge is 2.31. The molecule has 9 rings (SSSR count). The van der Waals surface area contributed by atoms with Crippen molar-refractivity contribution < 1.29 is 0 Å². The van der Waals surface area contributed by atoms with Crippen molar-refractivity contribution in [3.63, 3.8) is 0 Å². The van der Waals surface area contributed by atoms with Crippen LogP contribution in [0.4, 0.5) is 0 Å². The molecule has 0 spiro atoms. The Balaban J connectivity index is 1.17. The normalized spacial score (nSPS) is 19.8. The summed E-state index contributed by atoms with van der Waals surface area (Å²) >= 11 is 0. The van der Waals surface area contributed by atoms with E-state index in [1.807, 2.05) is 0 Å². The second-order valence-corrected chi connectivity index (χ2v) is 12.3. The van der Waals surface area contributed by atoms with Crippen LogP contribution in [0.1, 0.15) is 23.5 Å². The van der Waals surface area contributed by atoms with E-state index in [1.54, 1.807) is 0 Å². The number of benzene rings is 6. The molecule has 0 bridgehead atoms. The molecule has 0 aliphatic carbocycles. The van der Waals surface area contributed by atoms with E-state index in [4.69, 9.17) is 0 Å². The first kappa shape index (κ1) is 27.8. The van der Waals surface area contributed by atoms with Crippen LogP contribution in [0.25, 0.3) is 49.5 Å². The van der Waals surface area contributed by atoms with Crippen LogP contribution in [0.5, 0.6) is 0 Å². The van der Waals surface area contributed by atoms with Crippen molar-refractivity contribution in [3.8, 4) is 11.1 Å². The molecule has 2 aliphatic heterocycles. The Hall–Kier alpha value is -5.46. The van der Waals surface area contributed by atoms with Gasteiger partial charge in [0.1, 0.15) is 5.82 Å². The Kier molecular flexibility index (Phi) is 6.94. The number of nitrogens with zero attached hydrogens (tertiary/aromatic N) is 1. The van der Waals surface area contributed by atoms with Gasteiger partial charge in [-0.15, -0.1) is 0 Å². The molecule has 0 radical (unpaired) electrons. The number of rotatable bonds is 5. The fourth-order valence-electron chi connectivity index (χ4n) is 7.26. The molecule has 1 saturated heterocycles. The van der Waals surface area contributed by atoms with E-state index >= 15 is 0 Å². The topological polar surface area (TPSA) is 53.0 Å². The van der Waals surface area contributed by atoms with Crippen LogP contribution < -0.4 is 21.3 Å². The maximum absolute atomic E-state index is 3.86. The molecule has 2 aliphatic rings. The highest BCUT2D eigenvalue weighted by atomic mass is 15.4. The standard InChI is InChI=1S/C42H35N5/c1-4-12-28(13-5-1)32-21-22-36-35(26-32)39-34-19-11-10-14-29(34)20-23-37(39)47(36)38-27-33(24-25-43-38)42-45-40(30-15-6-2-7-16-30)44-41(46-42)31-17-8-3-9-18-31/h1-24,26-27,40-46H,25H2. The first-order valence-corrected chi connectivity index (χ1v) is 16.4. The SMILES string of the molecule is C1=C(C2NC(c3ccccc3)NC(c3ccccc3)N2)C=C(n2c3ccc(-c4ccccc4)cc3c3c4ccccc4ccc32)NC1. The second-order valence-electron chi connectivity index (χ2n) is 12.3. The zero-order valence-corrected chi connectivity index (χ0v) is 25.9. The summed E-state index contributed by atoms with van der Waals surface area (Å²) < 4.78 is 2.41. The van der Waals surface area contributed by atoms with Crippen LogP contribution in [0.2, 0.25) is 0 Å². The predicted molar refractivity (Wildman–Crippen MR) is 194 cm³/mol. The van der Waals surface area contributed by atoms with E-state index in [9.17, 15) is 0 Å². The molecule has 228 valence electrons. The van der Waals surface area contributed by atoms with E-state index in [0.29, 0.717) is 0 Å². The molecule has 4 N–H and O–H groups in total. The van der Waals surface area contributed by atoms with Crippen LogP contribution in [0.3, 0.4) is 0 Å². The van der Waals surface area contributed by atoms with Crippen molar-refractivity contribution in [1.82, 2.24) is 25.8 Å². The van der Waals surface area contributed by atoms with Gasteiger partial charge >= 0.3 is 0 Å². The van der Waals surface area contributed by atoms with Gasteiger partial charge in [-0.25, -0.2) is 0 Å². The van der Waals surface area contributed by atoms with Gasteiger partial charge in [-0.1, -0.05) is 133 Å². The maximum atomic E-state index is 3.86. The first-order chi connectivity index (χ1) is 23.3. The Morgan fingerprint density at radius 2 is 1.13 bits per heavy atom. The van der Waals surface area contributed by atoms with E-state index in [2.05, 4.69) is 184 Å². The molecule has 7 aromatic rings. The van der Waals surface area contributed by atoms with Gasteiger partial charge in [-0.3, -0.25) is 20.5 Å². The maximum Gasteiger partial charge on any atom is 0.111 e. The molecule has 1 aromatic heterocycles. The van der Waals surface area contributed by atoms with Gasteiger partial charge in [0.05, 0.1) is 29.5 Å². The van der Waals surface area contributed by atoms with E-state index in [-0.39, 0.29) is 18.5 Å². The monoisotopic (exact) mass is 609 g/mol. The predicted octanol–water partition coefficient (Wildman–Crippen LogP) is 8.45. The average molecular weight is 610 g/mol. The van der Waals surface area contributed by atoms with Crippen molar-refractivity contribution >= 4 is 38.4 Å². The van der Waals surface area contributed by atoms with Crippen molar-refractivity contribution in [2.24, 2.45) is 0 Å². The van der Waals surface area contributed by atoms with Gasteiger partial charge in [0.25, 0.3) is 0 Å². The van der Waals surface area contributed by atoms with Crippen LogP contribution in [-0.2, 0) is 0 Å². The minimum absolute atomic E-state index is 0.0173.